The fourth-order valence-electron chi connectivity index (χ4n) is 3.28. The Balaban J connectivity index is 0.00000338. The van der Waals surface area contributed by atoms with E-state index in [-0.39, 0.29) is 24.0 Å². The van der Waals surface area contributed by atoms with Crippen LogP contribution in [-0.4, -0.2) is 68.5 Å². The van der Waals surface area contributed by atoms with E-state index in [1.807, 2.05) is 20.9 Å². The quantitative estimate of drug-likeness (QED) is 0.354. The number of aryl methyl sites for hydroxylation is 2. The van der Waals surface area contributed by atoms with Crippen LogP contribution in [0.5, 0.6) is 0 Å². The fourth-order valence-corrected chi connectivity index (χ4v) is 3.28. The Morgan fingerprint density at radius 1 is 1.23 bits per heavy atom. The van der Waals surface area contributed by atoms with E-state index in [4.69, 9.17) is 9.26 Å². The number of nitrogens with zero attached hydrogens (tertiary/aromatic N) is 3. The molecule has 1 saturated heterocycles. The van der Waals surface area contributed by atoms with Crippen LogP contribution in [0.1, 0.15) is 30.9 Å². The van der Waals surface area contributed by atoms with E-state index in [0.29, 0.717) is 12.0 Å². The van der Waals surface area contributed by atoms with Crippen LogP contribution < -0.4 is 10.6 Å². The van der Waals surface area contributed by atoms with Crippen LogP contribution in [-0.2, 0) is 11.2 Å². The van der Waals surface area contributed by atoms with Crippen LogP contribution in [0.25, 0.3) is 0 Å². The van der Waals surface area contributed by atoms with Gasteiger partial charge in [0.2, 0.25) is 0 Å². The average Bonchev–Trinajstić information content (AvgIpc) is 2.92. The molecule has 0 aliphatic carbocycles. The number of aromatic nitrogens is 1. The van der Waals surface area contributed by atoms with Crippen molar-refractivity contribution in [3.63, 3.8) is 0 Å². The Labute approximate surface area is 174 Å². The lowest BCUT2D eigenvalue weighted by Gasteiger charge is -2.37. The molecule has 0 radical (unpaired) electrons. The summed E-state index contributed by atoms with van der Waals surface area (Å²) in [6.45, 7) is 13.8. The van der Waals surface area contributed by atoms with E-state index in [0.717, 1.165) is 63.2 Å². The topological polar surface area (TPSA) is 74.9 Å². The van der Waals surface area contributed by atoms with Crippen molar-refractivity contribution in [3.05, 3.63) is 17.0 Å². The van der Waals surface area contributed by atoms with Crippen molar-refractivity contribution < 1.29 is 9.26 Å². The molecule has 2 N–H and O–H groups in total. The van der Waals surface area contributed by atoms with Gasteiger partial charge in [-0.1, -0.05) is 19.0 Å². The molecule has 1 aromatic rings. The van der Waals surface area contributed by atoms with Gasteiger partial charge in [-0.2, -0.15) is 0 Å². The summed E-state index contributed by atoms with van der Waals surface area (Å²) in [5.41, 5.74) is 2.14. The van der Waals surface area contributed by atoms with E-state index in [9.17, 15) is 0 Å². The van der Waals surface area contributed by atoms with Gasteiger partial charge in [0, 0.05) is 44.8 Å². The first-order valence-corrected chi connectivity index (χ1v) is 9.21. The summed E-state index contributed by atoms with van der Waals surface area (Å²) in [5, 5.41) is 10.9. The van der Waals surface area contributed by atoms with Crippen molar-refractivity contribution in [2.75, 3.05) is 46.4 Å². The molecule has 1 aromatic heterocycles. The van der Waals surface area contributed by atoms with Gasteiger partial charge in [0.25, 0.3) is 0 Å². The number of guanidine groups is 1. The summed E-state index contributed by atoms with van der Waals surface area (Å²) in [6.07, 6.45) is 0.874. The Bertz CT molecular complexity index is 536. The van der Waals surface area contributed by atoms with Crippen LogP contribution in [0.4, 0.5) is 0 Å². The van der Waals surface area contributed by atoms with E-state index < -0.39 is 0 Å². The van der Waals surface area contributed by atoms with Crippen LogP contribution in [0.15, 0.2) is 9.52 Å². The lowest BCUT2D eigenvalue weighted by molar-refractivity contribution is 0.00752. The minimum Gasteiger partial charge on any atom is -0.379 e. The van der Waals surface area contributed by atoms with Crippen LogP contribution in [0.3, 0.4) is 0 Å². The normalized spacial score (nSPS) is 17.1. The molecule has 2 rings (SSSR count). The molecule has 0 aromatic carbocycles. The summed E-state index contributed by atoms with van der Waals surface area (Å²) >= 11 is 0. The maximum Gasteiger partial charge on any atom is 0.191 e. The lowest BCUT2D eigenvalue weighted by atomic mass is 10.0. The summed E-state index contributed by atoms with van der Waals surface area (Å²) in [4.78, 5) is 6.85. The predicted molar refractivity (Wildman–Crippen MR) is 115 cm³/mol. The number of hydrogen-bond acceptors (Lipinski definition) is 5. The van der Waals surface area contributed by atoms with E-state index in [2.05, 4.69) is 39.5 Å². The second-order valence-electron chi connectivity index (χ2n) is 6.89. The van der Waals surface area contributed by atoms with Gasteiger partial charge in [-0.25, -0.2) is 0 Å². The number of hydrogen-bond donors (Lipinski definition) is 2. The molecule has 2 heterocycles. The van der Waals surface area contributed by atoms with Crippen molar-refractivity contribution >= 4 is 29.9 Å². The zero-order chi connectivity index (χ0) is 18.2. The Hall–Kier alpha value is -0.870. The maximum absolute atomic E-state index is 5.47. The third kappa shape index (κ3) is 6.70. The van der Waals surface area contributed by atoms with Gasteiger partial charge in [-0.15, -0.1) is 24.0 Å². The highest BCUT2D eigenvalue weighted by atomic mass is 127. The summed E-state index contributed by atoms with van der Waals surface area (Å²) in [7, 11) is 1.81. The predicted octanol–water partition coefficient (Wildman–Crippen LogP) is 1.97. The first kappa shape index (κ1) is 23.2. The zero-order valence-corrected chi connectivity index (χ0v) is 19.0. The SMILES string of the molecule is CN=C(NCCc1c(C)noc1C)NCC(C(C)C)N1CCOCC1.I. The first-order chi connectivity index (χ1) is 12.0. The van der Waals surface area contributed by atoms with E-state index in [1.54, 1.807) is 0 Å². The van der Waals surface area contributed by atoms with Gasteiger partial charge in [-0.05, 0) is 26.2 Å². The number of morpholine rings is 1. The van der Waals surface area contributed by atoms with Crippen molar-refractivity contribution in [2.45, 2.75) is 40.2 Å². The summed E-state index contributed by atoms with van der Waals surface area (Å²) in [6, 6.07) is 0.477. The summed E-state index contributed by atoms with van der Waals surface area (Å²) < 4.78 is 10.7. The highest BCUT2D eigenvalue weighted by molar-refractivity contribution is 14.0. The maximum atomic E-state index is 5.47. The van der Waals surface area contributed by atoms with Gasteiger partial charge in [0.15, 0.2) is 5.96 Å². The summed E-state index contributed by atoms with van der Waals surface area (Å²) in [5.74, 6) is 2.31. The third-order valence-electron chi connectivity index (χ3n) is 4.84. The molecule has 1 atom stereocenters. The average molecular weight is 479 g/mol. The molecule has 1 fully saturated rings. The van der Waals surface area contributed by atoms with E-state index in [1.165, 1.54) is 5.56 Å². The molecule has 8 heteroatoms. The Morgan fingerprint density at radius 3 is 2.46 bits per heavy atom. The largest absolute Gasteiger partial charge is 0.379 e. The molecular formula is C18H34IN5O2. The molecule has 1 aliphatic heterocycles. The van der Waals surface area contributed by atoms with Crippen molar-refractivity contribution in [3.8, 4) is 0 Å². The van der Waals surface area contributed by atoms with Crippen LogP contribution in [0.2, 0.25) is 0 Å². The van der Waals surface area contributed by atoms with Gasteiger partial charge >= 0.3 is 0 Å². The minimum absolute atomic E-state index is 0. The lowest BCUT2D eigenvalue weighted by Crippen LogP contribution is -2.52. The number of nitrogens with one attached hydrogen (secondary N) is 2. The Kier molecular flexibility index (Phi) is 10.5. The molecule has 1 unspecified atom stereocenters. The molecule has 0 saturated carbocycles. The number of ether oxygens (including phenoxy) is 1. The van der Waals surface area contributed by atoms with Crippen molar-refractivity contribution in [2.24, 2.45) is 10.9 Å². The minimum atomic E-state index is 0. The number of aliphatic imine (C=N–C) groups is 1. The van der Waals surface area contributed by atoms with Gasteiger partial charge in [-0.3, -0.25) is 9.89 Å². The molecule has 150 valence electrons. The first-order valence-electron chi connectivity index (χ1n) is 9.21. The van der Waals surface area contributed by atoms with Gasteiger partial charge in [0.05, 0.1) is 18.9 Å². The van der Waals surface area contributed by atoms with Gasteiger partial charge in [0.1, 0.15) is 5.76 Å². The monoisotopic (exact) mass is 479 g/mol. The van der Waals surface area contributed by atoms with Crippen LogP contribution >= 0.6 is 24.0 Å². The van der Waals surface area contributed by atoms with Crippen molar-refractivity contribution in [1.29, 1.82) is 0 Å². The zero-order valence-electron chi connectivity index (χ0n) is 16.7. The number of halogens is 1. The molecule has 7 nitrogen and oxygen atoms in total. The Morgan fingerprint density at radius 2 is 1.92 bits per heavy atom. The van der Waals surface area contributed by atoms with Crippen molar-refractivity contribution in [1.82, 2.24) is 20.7 Å². The standard InChI is InChI=1S/C18H33N5O2.HI/c1-13(2)17(23-8-10-24-11-9-23)12-21-18(19-5)20-7-6-16-14(3)22-25-15(16)4;/h13,17H,6-12H2,1-5H3,(H2,19,20,21);1H. The molecule has 1 aliphatic rings. The number of rotatable bonds is 7. The molecule has 0 spiro atoms. The fraction of sp³-hybridized carbons (Fsp3) is 0.778. The molecular weight excluding hydrogens is 445 g/mol. The second kappa shape index (κ2) is 11.8. The highest BCUT2D eigenvalue weighted by Gasteiger charge is 2.23. The molecule has 26 heavy (non-hydrogen) atoms. The van der Waals surface area contributed by atoms with Gasteiger partial charge < -0.3 is 19.9 Å². The molecule has 0 bridgehead atoms. The van der Waals surface area contributed by atoms with Crippen LogP contribution in [0, 0.1) is 19.8 Å². The second-order valence-corrected chi connectivity index (χ2v) is 6.89. The smallest absolute Gasteiger partial charge is 0.191 e. The molecule has 0 amide bonds. The highest BCUT2D eigenvalue weighted by Crippen LogP contribution is 2.13. The third-order valence-corrected chi connectivity index (χ3v) is 4.84. The van der Waals surface area contributed by atoms with E-state index >= 15 is 0 Å².